The Labute approximate surface area is 122 Å². The van der Waals surface area contributed by atoms with Crippen LogP contribution in [0.3, 0.4) is 0 Å². The molecular formula is C16H18N2O3. The number of hydrogen-bond donors (Lipinski definition) is 1. The van der Waals surface area contributed by atoms with Crippen LogP contribution in [0.5, 0.6) is 5.75 Å². The molecule has 110 valence electrons. The molecule has 0 aliphatic carbocycles. The number of likely N-dealkylation sites (tertiary alicyclic amines) is 1. The van der Waals surface area contributed by atoms with E-state index >= 15 is 0 Å². The van der Waals surface area contributed by atoms with Gasteiger partial charge in [-0.15, -0.1) is 0 Å². The van der Waals surface area contributed by atoms with Crippen molar-refractivity contribution >= 4 is 16.8 Å². The number of aromatic nitrogens is 1. The van der Waals surface area contributed by atoms with Crippen LogP contribution in [-0.4, -0.2) is 36.0 Å². The molecule has 0 saturated carbocycles. The highest BCUT2D eigenvalue weighted by atomic mass is 16.5. The SMILES string of the molecule is COc1ccc2c(=O)c(C(=O)N3CCCCC3)c[nH]c2c1. The maximum absolute atomic E-state index is 12.5. The minimum absolute atomic E-state index is 0.173. The van der Waals surface area contributed by atoms with Gasteiger partial charge in [-0.25, -0.2) is 0 Å². The van der Waals surface area contributed by atoms with Crippen LogP contribution in [0.1, 0.15) is 29.6 Å². The molecule has 1 aliphatic rings. The summed E-state index contributed by atoms with van der Waals surface area (Å²) in [5.74, 6) is 0.502. The zero-order valence-corrected chi connectivity index (χ0v) is 12.0. The predicted molar refractivity (Wildman–Crippen MR) is 80.9 cm³/mol. The van der Waals surface area contributed by atoms with Crippen molar-refractivity contribution in [3.05, 3.63) is 40.2 Å². The molecule has 1 aromatic heterocycles. The molecule has 1 aliphatic heterocycles. The van der Waals surface area contributed by atoms with Crippen LogP contribution < -0.4 is 10.2 Å². The van der Waals surface area contributed by atoms with Gasteiger partial charge in [0.15, 0.2) is 0 Å². The number of nitrogens with one attached hydrogen (secondary N) is 1. The summed E-state index contributed by atoms with van der Waals surface area (Å²) in [6.45, 7) is 1.47. The summed E-state index contributed by atoms with van der Waals surface area (Å²) < 4.78 is 5.14. The van der Waals surface area contributed by atoms with Crippen molar-refractivity contribution in [3.63, 3.8) is 0 Å². The molecule has 0 radical (unpaired) electrons. The first-order valence-electron chi connectivity index (χ1n) is 7.19. The maximum Gasteiger partial charge on any atom is 0.259 e. The first kappa shape index (κ1) is 13.7. The van der Waals surface area contributed by atoms with Crippen LogP contribution in [0.25, 0.3) is 10.9 Å². The van der Waals surface area contributed by atoms with E-state index in [1.807, 2.05) is 0 Å². The Kier molecular flexibility index (Phi) is 3.64. The number of aromatic amines is 1. The number of benzene rings is 1. The van der Waals surface area contributed by atoms with Crippen LogP contribution in [0.4, 0.5) is 0 Å². The van der Waals surface area contributed by atoms with Crippen molar-refractivity contribution < 1.29 is 9.53 Å². The minimum atomic E-state index is -0.220. The zero-order valence-electron chi connectivity index (χ0n) is 12.0. The van der Waals surface area contributed by atoms with Gasteiger partial charge in [0.2, 0.25) is 5.43 Å². The van der Waals surface area contributed by atoms with Gasteiger partial charge >= 0.3 is 0 Å². The molecule has 1 N–H and O–H groups in total. The second-order valence-electron chi connectivity index (χ2n) is 5.30. The summed E-state index contributed by atoms with van der Waals surface area (Å²) in [6.07, 6.45) is 4.68. The molecule has 21 heavy (non-hydrogen) atoms. The molecule has 0 unspecified atom stereocenters. The lowest BCUT2D eigenvalue weighted by Crippen LogP contribution is -2.38. The molecule has 2 aromatic rings. The summed E-state index contributed by atoms with van der Waals surface area (Å²) in [5, 5.41) is 0.513. The molecular weight excluding hydrogens is 268 g/mol. The number of methoxy groups -OCH3 is 1. The third-order valence-corrected chi connectivity index (χ3v) is 3.96. The lowest BCUT2D eigenvalue weighted by molar-refractivity contribution is 0.0723. The monoisotopic (exact) mass is 286 g/mol. The van der Waals surface area contributed by atoms with Crippen molar-refractivity contribution in [1.29, 1.82) is 0 Å². The van der Waals surface area contributed by atoms with E-state index in [4.69, 9.17) is 4.74 Å². The van der Waals surface area contributed by atoms with Gasteiger partial charge < -0.3 is 14.6 Å². The fourth-order valence-electron chi connectivity index (χ4n) is 2.75. The number of carbonyl (C=O) groups is 1. The van der Waals surface area contributed by atoms with Gasteiger partial charge in [-0.2, -0.15) is 0 Å². The van der Waals surface area contributed by atoms with Gasteiger partial charge in [-0.1, -0.05) is 0 Å². The summed E-state index contributed by atoms with van der Waals surface area (Å²) in [4.78, 5) is 29.8. The highest BCUT2D eigenvalue weighted by Gasteiger charge is 2.21. The highest BCUT2D eigenvalue weighted by Crippen LogP contribution is 2.18. The van der Waals surface area contributed by atoms with Crippen molar-refractivity contribution in [1.82, 2.24) is 9.88 Å². The quantitative estimate of drug-likeness (QED) is 0.920. The van der Waals surface area contributed by atoms with Crippen LogP contribution in [0.2, 0.25) is 0 Å². The predicted octanol–water partition coefficient (Wildman–Crippen LogP) is 2.16. The van der Waals surface area contributed by atoms with Gasteiger partial charge in [-0.3, -0.25) is 9.59 Å². The lowest BCUT2D eigenvalue weighted by atomic mass is 10.1. The largest absolute Gasteiger partial charge is 0.497 e. The topological polar surface area (TPSA) is 62.4 Å². The molecule has 0 atom stereocenters. The van der Waals surface area contributed by atoms with E-state index in [9.17, 15) is 9.59 Å². The Morgan fingerprint density at radius 1 is 1.24 bits per heavy atom. The molecule has 0 spiro atoms. The smallest absolute Gasteiger partial charge is 0.259 e. The number of pyridine rings is 1. The van der Waals surface area contributed by atoms with Crippen molar-refractivity contribution in [3.8, 4) is 5.75 Å². The van der Waals surface area contributed by atoms with Crippen molar-refractivity contribution in [2.45, 2.75) is 19.3 Å². The van der Waals surface area contributed by atoms with Gasteiger partial charge in [0.1, 0.15) is 11.3 Å². The second kappa shape index (κ2) is 5.60. The fraction of sp³-hybridized carbons (Fsp3) is 0.375. The number of amides is 1. The molecule has 0 bridgehead atoms. The Bertz CT molecular complexity index is 730. The Balaban J connectivity index is 2.01. The fourth-order valence-corrected chi connectivity index (χ4v) is 2.75. The summed E-state index contributed by atoms with van der Waals surface area (Å²) in [7, 11) is 1.58. The molecule has 1 amide bonds. The Hall–Kier alpha value is -2.30. The van der Waals surface area contributed by atoms with E-state index in [2.05, 4.69) is 4.98 Å². The van der Waals surface area contributed by atoms with Crippen molar-refractivity contribution in [2.75, 3.05) is 20.2 Å². The molecule has 5 heteroatoms. The highest BCUT2D eigenvalue weighted by molar-refractivity contribution is 5.97. The first-order valence-corrected chi connectivity index (χ1v) is 7.19. The molecule has 3 rings (SSSR count). The van der Waals surface area contributed by atoms with Gasteiger partial charge in [-0.05, 0) is 31.4 Å². The van der Waals surface area contributed by atoms with E-state index in [1.54, 1.807) is 30.2 Å². The van der Waals surface area contributed by atoms with Gasteiger partial charge in [0.25, 0.3) is 5.91 Å². The van der Waals surface area contributed by atoms with E-state index < -0.39 is 0 Å². The van der Waals surface area contributed by atoms with Crippen LogP contribution in [0.15, 0.2) is 29.2 Å². The van der Waals surface area contributed by atoms with Gasteiger partial charge in [0, 0.05) is 30.7 Å². The third kappa shape index (κ3) is 2.51. The standard InChI is InChI=1S/C16H18N2O3/c1-21-11-5-6-12-14(9-11)17-10-13(15(12)19)16(20)18-7-3-2-4-8-18/h5-6,9-10H,2-4,7-8H2,1H3,(H,17,19). The van der Waals surface area contributed by atoms with Crippen LogP contribution in [-0.2, 0) is 0 Å². The van der Waals surface area contributed by atoms with Crippen LogP contribution >= 0.6 is 0 Å². The Morgan fingerprint density at radius 2 is 2.00 bits per heavy atom. The number of piperidine rings is 1. The minimum Gasteiger partial charge on any atom is -0.497 e. The number of carbonyl (C=O) groups excluding carboxylic acids is 1. The number of hydrogen-bond acceptors (Lipinski definition) is 3. The van der Waals surface area contributed by atoms with E-state index in [0.29, 0.717) is 16.7 Å². The zero-order chi connectivity index (χ0) is 14.8. The average molecular weight is 286 g/mol. The summed E-state index contributed by atoms with van der Waals surface area (Å²) in [5.41, 5.74) is 0.672. The van der Waals surface area contributed by atoms with Gasteiger partial charge in [0.05, 0.1) is 12.6 Å². The maximum atomic E-state index is 12.5. The van der Waals surface area contributed by atoms with Crippen LogP contribution in [0, 0.1) is 0 Å². The number of rotatable bonds is 2. The molecule has 1 aromatic carbocycles. The number of fused-ring (bicyclic) bond motifs is 1. The lowest BCUT2D eigenvalue weighted by Gasteiger charge is -2.26. The second-order valence-corrected chi connectivity index (χ2v) is 5.30. The van der Waals surface area contributed by atoms with Crippen molar-refractivity contribution in [2.24, 2.45) is 0 Å². The number of nitrogens with zero attached hydrogens (tertiary/aromatic N) is 1. The Morgan fingerprint density at radius 3 is 2.71 bits per heavy atom. The molecule has 5 nitrogen and oxygen atoms in total. The normalized spacial score (nSPS) is 15.2. The molecule has 1 fully saturated rings. The average Bonchev–Trinajstić information content (AvgIpc) is 2.55. The van der Waals surface area contributed by atoms with E-state index in [-0.39, 0.29) is 16.9 Å². The molecule has 1 saturated heterocycles. The first-order chi connectivity index (χ1) is 10.2. The van der Waals surface area contributed by atoms with E-state index in [0.717, 1.165) is 32.4 Å². The summed E-state index contributed by atoms with van der Waals surface area (Å²) >= 11 is 0. The summed E-state index contributed by atoms with van der Waals surface area (Å²) in [6, 6.07) is 5.18. The molecule has 2 heterocycles. The number of ether oxygens (including phenoxy) is 1. The number of H-pyrrole nitrogens is 1. The van der Waals surface area contributed by atoms with E-state index in [1.165, 1.54) is 6.20 Å². The third-order valence-electron chi connectivity index (χ3n) is 3.96.